The molecule has 0 bridgehead atoms. The molecule has 48 valence electrons. The van der Waals surface area contributed by atoms with Crippen LogP contribution in [0.5, 0.6) is 0 Å². The Balaban J connectivity index is 3.34. The minimum absolute atomic E-state index is 0.222. The topological polar surface area (TPSA) is 58.9 Å². The van der Waals surface area contributed by atoms with Gasteiger partial charge < -0.3 is 10.7 Å². The normalized spacial score (nSPS) is 9.44. The fourth-order valence-electron chi connectivity index (χ4n) is 0.615. The van der Waals surface area contributed by atoms with E-state index in [1.165, 1.54) is 0 Å². The molecule has 0 aromatic carbocycles. The van der Waals surface area contributed by atoms with E-state index in [2.05, 4.69) is 4.98 Å². The summed E-state index contributed by atoms with van der Waals surface area (Å²) in [6.07, 6.45) is 1.62. The van der Waals surface area contributed by atoms with Crippen molar-refractivity contribution in [3.8, 4) is 0 Å². The first-order chi connectivity index (χ1) is 4.20. The number of hydrogen-bond acceptors (Lipinski definition) is 2. The molecule has 1 aromatic rings. The number of nitrogens with two attached hydrogens (primary N) is 1. The smallest absolute Gasteiger partial charge is 0.271 e. The zero-order valence-corrected chi connectivity index (χ0v) is 5.14. The van der Waals surface area contributed by atoms with Crippen LogP contribution < -0.4 is 11.3 Å². The lowest BCUT2D eigenvalue weighted by molar-refractivity contribution is 1.21. The van der Waals surface area contributed by atoms with Crippen LogP contribution in [0.2, 0.25) is 0 Å². The Bertz CT molecular complexity index is 264. The molecule has 0 unspecified atom stereocenters. The van der Waals surface area contributed by atoms with E-state index in [-0.39, 0.29) is 11.2 Å². The number of H-pyrrole nitrogens is 1. The van der Waals surface area contributed by atoms with Crippen molar-refractivity contribution in [1.29, 1.82) is 0 Å². The number of hydrogen-bond donors (Lipinski definition) is 2. The molecule has 1 heterocycles. The molecular formula is C6H8N2O. The fraction of sp³-hybridized carbons (Fsp3) is 0.167. The number of nitrogens with one attached hydrogen (secondary N) is 1. The number of aryl methyl sites for hydroxylation is 1. The van der Waals surface area contributed by atoms with Crippen molar-refractivity contribution in [1.82, 2.24) is 4.98 Å². The first-order valence-electron chi connectivity index (χ1n) is 2.65. The Morgan fingerprint density at radius 2 is 2.33 bits per heavy atom. The maximum Gasteiger partial charge on any atom is 0.271 e. The summed E-state index contributed by atoms with van der Waals surface area (Å²) in [6, 6.07) is 1.64. The molecule has 0 atom stereocenters. The number of rotatable bonds is 0. The Morgan fingerprint density at radius 3 is 2.78 bits per heavy atom. The molecule has 0 saturated heterocycles. The molecule has 0 fully saturated rings. The third-order valence-corrected chi connectivity index (χ3v) is 1.08. The SMILES string of the molecule is Cc1c[nH]c(=O)c(N)c1. The highest BCUT2D eigenvalue weighted by Crippen LogP contribution is 1.94. The van der Waals surface area contributed by atoms with Crippen LogP contribution in [0.3, 0.4) is 0 Å². The molecule has 0 aliphatic carbocycles. The summed E-state index contributed by atoms with van der Waals surface area (Å²) in [7, 11) is 0. The quantitative estimate of drug-likeness (QED) is 0.521. The summed E-state index contributed by atoms with van der Waals surface area (Å²) >= 11 is 0. The highest BCUT2D eigenvalue weighted by atomic mass is 16.1. The number of pyridine rings is 1. The van der Waals surface area contributed by atoms with E-state index in [1.807, 2.05) is 6.92 Å². The van der Waals surface area contributed by atoms with E-state index >= 15 is 0 Å². The molecule has 3 heteroatoms. The van der Waals surface area contributed by atoms with Gasteiger partial charge in [-0.1, -0.05) is 0 Å². The van der Waals surface area contributed by atoms with Crippen LogP contribution in [-0.4, -0.2) is 4.98 Å². The maximum atomic E-state index is 10.6. The van der Waals surface area contributed by atoms with Gasteiger partial charge in [0.15, 0.2) is 0 Å². The molecule has 3 N–H and O–H groups in total. The minimum Gasteiger partial charge on any atom is -0.394 e. The predicted molar refractivity (Wildman–Crippen MR) is 36.2 cm³/mol. The van der Waals surface area contributed by atoms with Gasteiger partial charge in [-0.2, -0.15) is 0 Å². The molecule has 9 heavy (non-hydrogen) atoms. The van der Waals surface area contributed by atoms with Gasteiger partial charge in [-0.05, 0) is 18.6 Å². The molecule has 1 rings (SSSR count). The molecule has 0 amide bonds. The average molecular weight is 124 g/mol. The van der Waals surface area contributed by atoms with Gasteiger partial charge in [-0.3, -0.25) is 4.79 Å². The van der Waals surface area contributed by atoms with Crippen molar-refractivity contribution < 1.29 is 0 Å². The zero-order valence-electron chi connectivity index (χ0n) is 5.14. The van der Waals surface area contributed by atoms with Gasteiger partial charge >= 0.3 is 0 Å². The van der Waals surface area contributed by atoms with Crippen LogP contribution in [0.1, 0.15) is 5.56 Å². The van der Waals surface area contributed by atoms with Gasteiger partial charge in [0.1, 0.15) is 0 Å². The molecule has 0 radical (unpaired) electrons. The fourth-order valence-corrected chi connectivity index (χ4v) is 0.615. The molecule has 0 aliphatic heterocycles. The van der Waals surface area contributed by atoms with Crippen molar-refractivity contribution in [2.45, 2.75) is 6.92 Å². The monoisotopic (exact) mass is 124 g/mol. The lowest BCUT2D eigenvalue weighted by atomic mass is 10.3. The summed E-state index contributed by atoms with van der Waals surface area (Å²) in [5.74, 6) is 0. The largest absolute Gasteiger partial charge is 0.394 e. The van der Waals surface area contributed by atoms with Crippen molar-refractivity contribution in [2.75, 3.05) is 5.73 Å². The second-order valence-corrected chi connectivity index (χ2v) is 1.96. The minimum atomic E-state index is -0.222. The summed E-state index contributed by atoms with van der Waals surface area (Å²) in [6.45, 7) is 1.87. The number of nitrogen functional groups attached to an aromatic ring is 1. The standard InChI is InChI=1S/C6H8N2O/c1-4-2-5(7)6(9)8-3-4/h2-3H,7H2,1H3,(H,8,9). The van der Waals surface area contributed by atoms with E-state index in [1.54, 1.807) is 12.3 Å². The van der Waals surface area contributed by atoms with Crippen LogP contribution in [-0.2, 0) is 0 Å². The van der Waals surface area contributed by atoms with E-state index in [4.69, 9.17) is 5.73 Å². The Morgan fingerprint density at radius 1 is 1.67 bits per heavy atom. The second-order valence-electron chi connectivity index (χ2n) is 1.96. The van der Waals surface area contributed by atoms with Crippen molar-refractivity contribution in [3.05, 3.63) is 28.2 Å². The average Bonchev–Trinajstić information content (AvgIpc) is 1.80. The van der Waals surface area contributed by atoms with E-state index in [9.17, 15) is 4.79 Å². The lowest BCUT2D eigenvalue weighted by Crippen LogP contribution is -2.10. The molecule has 1 aromatic heterocycles. The third kappa shape index (κ3) is 1.10. The van der Waals surface area contributed by atoms with Crippen LogP contribution >= 0.6 is 0 Å². The first kappa shape index (κ1) is 5.88. The lowest BCUT2D eigenvalue weighted by Gasteiger charge is -1.91. The Labute approximate surface area is 52.5 Å². The van der Waals surface area contributed by atoms with E-state index in [0.29, 0.717) is 0 Å². The van der Waals surface area contributed by atoms with Crippen molar-refractivity contribution in [3.63, 3.8) is 0 Å². The first-order valence-corrected chi connectivity index (χ1v) is 2.65. The van der Waals surface area contributed by atoms with Crippen LogP contribution in [0.4, 0.5) is 5.69 Å². The molecular weight excluding hydrogens is 116 g/mol. The van der Waals surface area contributed by atoms with E-state index < -0.39 is 0 Å². The summed E-state index contributed by atoms with van der Waals surface area (Å²) in [5.41, 5.74) is 6.29. The predicted octanol–water partition coefficient (Wildman–Crippen LogP) is 0.266. The molecule has 0 saturated carbocycles. The summed E-state index contributed by atoms with van der Waals surface area (Å²) in [4.78, 5) is 13.1. The highest BCUT2D eigenvalue weighted by Gasteiger charge is 1.90. The maximum absolute atomic E-state index is 10.6. The molecule has 0 spiro atoms. The number of aromatic nitrogens is 1. The van der Waals surface area contributed by atoms with Gasteiger partial charge in [0.05, 0.1) is 5.69 Å². The Hall–Kier alpha value is -1.25. The second kappa shape index (κ2) is 1.93. The van der Waals surface area contributed by atoms with Gasteiger partial charge in [0.25, 0.3) is 5.56 Å². The van der Waals surface area contributed by atoms with Crippen molar-refractivity contribution in [2.24, 2.45) is 0 Å². The van der Waals surface area contributed by atoms with Gasteiger partial charge in [0.2, 0.25) is 0 Å². The molecule has 0 aliphatic rings. The van der Waals surface area contributed by atoms with Crippen LogP contribution in [0, 0.1) is 6.92 Å². The zero-order chi connectivity index (χ0) is 6.85. The van der Waals surface area contributed by atoms with Gasteiger partial charge in [0, 0.05) is 6.20 Å². The third-order valence-electron chi connectivity index (χ3n) is 1.08. The molecule has 3 nitrogen and oxygen atoms in total. The van der Waals surface area contributed by atoms with E-state index in [0.717, 1.165) is 5.56 Å². The number of anilines is 1. The highest BCUT2D eigenvalue weighted by molar-refractivity contribution is 5.36. The van der Waals surface area contributed by atoms with Crippen LogP contribution in [0.15, 0.2) is 17.1 Å². The number of aromatic amines is 1. The summed E-state index contributed by atoms with van der Waals surface area (Å²) in [5, 5.41) is 0. The van der Waals surface area contributed by atoms with Gasteiger partial charge in [-0.25, -0.2) is 0 Å². The summed E-state index contributed by atoms with van der Waals surface area (Å²) < 4.78 is 0. The van der Waals surface area contributed by atoms with Crippen molar-refractivity contribution >= 4 is 5.69 Å². The van der Waals surface area contributed by atoms with Crippen LogP contribution in [0.25, 0.3) is 0 Å². The Kier molecular flexibility index (Phi) is 1.26. The van der Waals surface area contributed by atoms with Gasteiger partial charge in [-0.15, -0.1) is 0 Å².